The topological polar surface area (TPSA) is 38.5 Å². The Labute approximate surface area is 54.2 Å². The first-order valence-electron chi connectivity index (χ1n) is 3.04. The van der Waals surface area contributed by atoms with Gasteiger partial charge >= 0.3 is 5.09 Å². The van der Waals surface area contributed by atoms with Gasteiger partial charge in [-0.1, -0.05) is 6.92 Å². The van der Waals surface area contributed by atoms with E-state index in [0.29, 0.717) is 13.2 Å². The van der Waals surface area contributed by atoms with Crippen molar-refractivity contribution in [2.24, 2.45) is 0 Å². The quantitative estimate of drug-likeness (QED) is 0.527. The van der Waals surface area contributed by atoms with Gasteiger partial charge in [0.2, 0.25) is 0 Å². The summed E-state index contributed by atoms with van der Waals surface area (Å²) < 4.78 is 0. The molecule has 0 fully saturated rings. The van der Waals surface area contributed by atoms with E-state index in [1.165, 1.54) is 0 Å². The molecule has 0 spiro atoms. The molecular weight excluding hydrogens is 122 g/mol. The van der Waals surface area contributed by atoms with Crippen LogP contribution in [0.3, 0.4) is 0 Å². The van der Waals surface area contributed by atoms with E-state index in [9.17, 15) is 4.91 Å². The molecule has 0 aromatic rings. The van der Waals surface area contributed by atoms with E-state index in [4.69, 9.17) is 0 Å². The highest BCUT2D eigenvalue weighted by Crippen LogP contribution is 1.82. The summed E-state index contributed by atoms with van der Waals surface area (Å²) in [6.45, 7) is 4.39. The molecule has 9 heavy (non-hydrogen) atoms. The molecule has 0 aliphatic rings. The summed E-state index contributed by atoms with van der Waals surface area (Å²) in [4.78, 5) is 19.2. The van der Waals surface area contributed by atoms with Gasteiger partial charge in [0.1, 0.15) is 4.91 Å². The molecule has 0 N–H and O–H groups in total. The first kappa shape index (κ1) is 8.20. The summed E-state index contributed by atoms with van der Waals surface area (Å²) >= 11 is 0. The van der Waals surface area contributed by atoms with Gasteiger partial charge in [-0.25, -0.2) is 0 Å². The highest BCUT2D eigenvalue weighted by atomic mass is 17.0. The highest BCUT2D eigenvalue weighted by Gasteiger charge is 2.07. The predicted octanol–water partition coefficient (Wildman–Crippen LogP) is 1.06. The van der Waals surface area contributed by atoms with Gasteiger partial charge in [0.25, 0.3) is 0 Å². The minimum atomic E-state index is 0.142. The zero-order chi connectivity index (χ0) is 7.11. The smallest absolute Gasteiger partial charge is 0.187 e. The highest BCUT2D eigenvalue weighted by molar-refractivity contribution is 4.13. The molecule has 0 heterocycles. The number of nitrogens with zero attached hydrogens (tertiary/aromatic N) is 1. The minimum absolute atomic E-state index is 0.142. The standard InChI is InChI=1S/C5H12NO3/c1-3-5-9-6(7)8-4-2/h3-5H2,1-2H3/q+1. The summed E-state index contributed by atoms with van der Waals surface area (Å²) in [5.41, 5.74) is 0. The summed E-state index contributed by atoms with van der Waals surface area (Å²) in [5.74, 6) is 0. The molecule has 0 saturated carbocycles. The Hall–Kier alpha value is -0.800. The largest absolute Gasteiger partial charge is 0.477 e. The third-order valence-electron chi connectivity index (χ3n) is 0.635. The van der Waals surface area contributed by atoms with Gasteiger partial charge < -0.3 is 0 Å². The number of hydrogen-bond donors (Lipinski definition) is 0. The van der Waals surface area contributed by atoms with Gasteiger partial charge in [0, 0.05) is 0 Å². The van der Waals surface area contributed by atoms with Gasteiger partial charge in [0.15, 0.2) is 13.2 Å². The third-order valence-corrected chi connectivity index (χ3v) is 0.635. The Morgan fingerprint density at radius 3 is 2.44 bits per heavy atom. The van der Waals surface area contributed by atoms with E-state index >= 15 is 0 Å². The van der Waals surface area contributed by atoms with Gasteiger partial charge in [-0.2, -0.15) is 9.68 Å². The predicted molar refractivity (Wildman–Crippen MR) is 31.5 cm³/mol. The van der Waals surface area contributed by atoms with E-state index < -0.39 is 0 Å². The van der Waals surface area contributed by atoms with Crippen LogP contribution < -0.4 is 0 Å². The van der Waals surface area contributed by atoms with Crippen LogP contribution in [-0.2, 0) is 9.68 Å². The Morgan fingerprint density at radius 1 is 1.33 bits per heavy atom. The first-order chi connectivity index (χ1) is 4.31. The van der Waals surface area contributed by atoms with Gasteiger partial charge in [-0.15, -0.1) is 0 Å². The molecule has 0 aromatic heterocycles. The molecular formula is C5H12NO3+. The fraction of sp³-hybridized carbons (Fsp3) is 1.00. The van der Waals surface area contributed by atoms with Crippen LogP contribution >= 0.6 is 0 Å². The zero-order valence-corrected chi connectivity index (χ0v) is 5.79. The van der Waals surface area contributed by atoms with E-state index in [1.54, 1.807) is 6.92 Å². The molecule has 0 aromatic carbocycles. The molecule has 0 amide bonds. The van der Waals surface area contributed by atoms with Crippen LogP contribution in [0.25, 0.3) is 0 Å². The lowest BCUT2D eigenvalue weighted by Gasteiger charge is -1.87. The molecule has 0 bridgehead atoms. The average Bonchev–Trinajstić information content (AvgIpc) is 1.85. The van der Waals surface area contributed by atoms with Crippen molar-refractivity contribution in [1.82, 2.24) is 0 Å². The maximum absolute atomic E-state index is 10.3. The molecule has 0 aliphatic carbocycles. The third kappa shape index (κ3) is 5.06. The second-order valence-corrected chi connectivity index (χ2v) is 1.47. The van der Waals surface area contributed by atoms with Crippen LogP contribution in [0.5, 0.6) is 0 Å². The van der Waals surface area contributed by atoms with E-state index in [1.807, 2.05) is 6.92 Å². The minimum Gasteiger partial charge on any atom is -0.187 e. The van der Waals surface area contributed by atoms with Gasteiger partial charge in [0.05, 0.1) is 0 Å². The Morgan fingerprint density at radius 2 is 2.00 bits per heavy atom. The Bertz CT molecular complexity index is 84.3. The summed E-state index contributed by atoms with van der Waals surface area (Å²) in [5, 5.41) is 0.142. The van der Waals surface area contributed by atoms with Crippen molar-refractivity contribution in [1.29, 1.82) is 0 Å². The molecule has 0 radical (unpaired) electrons. The summed E-state index contributed by atoms with van der Waals surface area (Å²) in [6, 6.07) is 0. The maximum atomic E-state index is 10.3. The molecule has 0 rings (SSSR count). The monoisotopic (exact) mass is 134 g/mol. The van der Waals surface area contributed by atoms with Crippen LogP contribution in [0.2, 0.25) is 0 Å². The average molecular weight is 134 g/mol. The SMILES string of the molecule is CCCO[N+](=O)OCC. The molecule has 0 aliphatic heterocycles. The number of rotatable bonds is 5. The lowest BCUT2D eigenvalue weighted by molar-refractivity contribution is -0.981. The second-order valence-electron chi connectivity index (χ2n) is 1.47. The lowest BCUT2D eigenvalue weighted by atomic mass is 10.5. The normalized spacial score (nSPS) is 8.67. The Balaban J connectivity index is 3.06. The van der Waals surface area contributed by atoms with E-state index in [0.717, 1.165) is 6.42 Å². The van der Waals surface area contributed by atoms with Crippen LogP contribution in [0.1, 0.15) is 20.3 Å². The van der Waals surface area contributed by atoms with Crippen molar-refractivity contribution in [2.45, 2.75) is 20.3 Å². The van der Waals surface area contributed by atoms with E-state index in [-0.39, 0.29) is 5.09 Å². The van der Waals surface area contributed by atoms with Gasteiger partial charge in [-0.05, 0) is 13.3 Å². The van der Waals surface area contributed by atoms with Crippen molar-refractivity contribution in [3.05, 3.63) is 4.91 Å². The van der Waals surface area contributed by atoms with Crippen LogP contribution in [-0.4, -0.2) is 18.3 Å². The van der Waals surface area contributed by atoms with Crippen LogP contribution in [0, 0.1) is 4.91 Å². The van der Waals surface area contributed by atoms with Crippen molar-refractivity contribution in [3.63, 3.8) is 0 Å². The second kappa shape index (κ2) is 5.34. The van der Waals surface area contributed by atoms with Crippen molar-refractivity contribution in [3.8, 4) is 0 Å². The summed E-state index contributed by atoms with van der Waals surface area (Å²) in [7, 11) is 0. The Kier molecular flexibility index (Phi) is 4.86. The van der Waals surface area contributed by atoms with Crippen LogP contribution in [0.15, 0.2) is 0 Å². The van der Waals surface area contributed by atoms with Crippen LogP contribution in [0.4, 0.5) is 0 Å². The van der Waals surface area contributed by atoms with Crippen molar-refractivity contribution >= 4 is 0 Å². The van der Waals surface area contributed by atoms with E-state index in [2.05, 4.69) is 9.68 Å². The first-order valence-corrected chi connectivity index (χ1v) is 3.04. The molecule has 4 heteroatoms. The fourth-order valence-electron chi connectivity index (χ4n) is 0.308. The molecule has 0 atom stereocenters. The summed E-state index contributed by atoms with van der Waals surface area (Å²) in [6.07, 6.45) is 0.811. The zero-order valence-electron chi connectivity index (χ0n) is 5.79. The molecule has 4 nitrogen and oxygen atoms in total. The van der Waals surface area contributed by atoms with Crippen molar-refractivity contribution < 1.29 is 14.8 Å². The molecule has 54 valence electrons. The molecule has 0 saturated heterocycles. The van der Waals surface area contributed by atoms with Crippen molar-refractivity contribution in [2.75, 3.05) is 13.2 Å². The number of hydrogen-bond acceptors (Lipinski definition) is 3. The van der Waals surface area contributed by atoms with Gasteiger partial charge in [-0.3, -0.25) is 0 Å². The molecule has 0 unspecified atom stereocenters. The lowest BCUT2D eigenvalue weighted by Crippen LogP contribution is -2.10. The fourth-order valence-corrected chi connectivity index (χ4v) is 0.308. The maximum Gasteiger partial charge on any atom is 0.477 e.